The van der Waals surface area contributed by atoms with Gasteiger partial charge >= 0.3 is 0 Å². The SMILES string of the molecule is CCC(C)(CNC(C)(C)C)Cc1cc(F)ccc1Br. The monoisotopic (exact) mass is 329 g/mol. The van der Waals surface area contributed by atoms with E-state index in [1.807, 2.05) is 0 Å². The van der Waals surface area contributed by atoms with Gasteiger partial charge in [0.25, 0.3) is 0 Å². The summed E-state index contributed by atoms with van der Waals surface area (Å²) in [5.74, 6) is -0.166. The molecule has 0 saturated carbocycles. The number of benzene rings is 1. The van der Waals surface area contributed by atoms with Crippen molar-refractivity contribution in [1.82, 2.24) is 5.32 Å². The first-order chi connectivity index (χ1) is 8.65. The molecule has 1 N–H and O–H groups in total. The normalized spacial score (nSPS) is 15.3. The summed E-state index contributed by atoms with van der Waals surface area (Å²) in [6.45, 7) is 11.9. The zero-order chi connectivity index (χ0) is 14.7. The van der Waals surface area contributed by atoms with Crippen molar-refractivity contribution in [1.29, 1.82) is 0 Å². The maximum Gasteiger partial charge on any atom is 0.123 e. The second kappa shape index (κ2) is 6.36. The lowest BCUT2D eigenvalue weighted by Gasteiger charge is -2.33. The summed E-state index contributed by atoms with van der Waals surface area (Å²) in [5, 5.41) is 3.56. The first-order valence-electron chi connectivity index (χ1n) is 6.84. The van der Waals surface area contributed by atoms with Gasteiger partial charge in [0.05, 0.1) is 0 Å². The van der Waals surface area contributed by atoms with Gasteiger partial charge in [-0.2, -0.15) is 0 Å². The van der Waals surface area contributed by atoms with Gasteiger partial charge in [0.15, 0.2) is 0 Å². The summed E-state index contributed by atoms with van der Waals surface area (Å²) in [4.78, 5) is 0. The molecular formula is C16H25BrFN. The van der Waals surface area contributed by atoms with Crippen LogP contribution in [-0.2, 0) is 6.42 Å². The van der Waals surface area contributed by atoms with Crippen LogP contribution in [0.4, 0.5) is 4.39 Å². The van der Waals surface area contributed by atoms with E-state index in [9.17, 15) is 4.39 Å². The molecule has 0 heterocycles. The van der Waals surface area contributed by atoms with Crippen molar-refractivity contribution in [2.24, 2.45) is 5.41 Å². The largest absolute Gasteiger partial charge is 0.312 e. The second-order valence-corrected chi connectivity index (χ2v) is 7.53. The van der Waals surface area contributed by atoms with Crippen molar-refractivity contribution in [3.8, 4) is 0 Å². The Kier molecular flexibility index (Phi) is 5.57. The fourth-order valence-corrected chi connectivity index (χ4v) is 2.32. The summed E-state index contributed by atoms with van der Waals surface area (Å²) in [7, 11) is 0. The molecule has 0 aliphatic rings. The lowest BCUT2D eigenvalue weighted by molar-refractivity contribution is 0.254. The molecule has 1 aromatic carbocycles. The highest BCUT2D eigenvalue weighted by molar-refractivity contribution is 9.10. The maximum atomic E-state index is 13.4. The molecule has 1 unspecified atom stereocenters. The molecule has 19 heavy (non-hydrogen) atoms. The predicted molar refractivity (Wildman–Crippen MR) is 84.0 cm³/mol. The standard InChI is InChI=1S/C16H25BrFN/c1-6-16(5,11-19-15(2,3)4)10-12-9-13(18)7-8-14(12)17/h7-9,19H,6,10-11H2,1-5H3. The number of hydrogen-bond donors (Lipinski definition) is 1. The van der Waals surface area contributed by atoms with Gasteiger partial charge < -0.3 is 5.32 Å². The van der Waals surface area contributed by atoms with Crippen LogP contribution in [-0.4, -0.2) is 12.1 Å². The molecular weight excluding hydrogens is 305 g/mol. The highest BCUT2D eigenvalue weighted by atomic mass is 79.9. The smallest absolute Gasteiger partial charge is 0.123 e. The lowest BCUT2D eigenvalue weighted by atomic mass is 9.80. The van der Waals surface area contributed by atoms with Gasteiger partial charge in [-0.3, -0.25) is 0 Å². The van der Waals surface area contributed by atoms with Crippen LogP contribution < -0.4 is 5.32 Å². The van der Waals surface area contributed by atoms with E-state index < -0.39 is 0 Å². The Hall–Kier alpha value is -0.410. The van der Waals surface area contributed by atoms with Crippen LogP contribution >= 0.6 is 15.9 Å². The average molecular weight is 330 g/mol. The third-order valence-electron chi connectivity index (χ3n) is 3.52. The minimum atomic E-state index is -0.166. The first kappa shape index (κ1) is 16.6. The van der Waals surface area contributed by atoms with Gasteiger partial charge in [-0.25, -0.2) is 4.39 Å². The highest BCUT2D eigenvalue weighted by Crippen LogP contribution is 2.30. The van der Waals surface area contributed by atoms with Crippen molar-refractivity contribution in [2.75, 3.05) is 6.54 Å². The zero-order valence-corrected chi connectivity index (χ0v) is 14.2. The minimum absolute atomic E-state index is 0.107. The number of hydrogen-bond acceptors (Lipinski definition) is 1. The fourth-order valence-electron chi connectivity index (χ4n) is 1.93. The Morgan fingerprint density at radius 1 is 1.21 bits per heavy atom. The molecule has 0 fully saturated rings. The molecule has 1 atom stereocenters. The minimum Gasteiger partial charge on any atom is -0.312 e. The third-order valence-corrected chi connectivity index (χ3v) is 4.30. The van der Waals surface area contributed by atoms with Crippen molar-refractivity contribution in [3.63, 3.8) is 0 Å². The van der Waals surface area contributed by atoms with Crippen molar-refractivity contribution >= 4 is 15.9 Å². The number of halogens is 2. The van der Waals surface area contributed by atoms with E-state index in [1.54, 1.807) is 12.1 Å². The molecule has 1 rings (SSSR count). The average Bonchev–Trinajstić information content (AvgIpc) is 2.31. The molecule has 0 spiro atoms. The van der Waals surface area contributed by atoms with E-state index in [-0.39, 0.29) is 16.8 Å². The third kappa shape index (κ3) is 5.62. The number of rotatable bonds is 5. The summed E-state index contributed by atoms with van der Waals surface area (Å²) < 4.78 is 14.4. The molecule has 0 aliphatic heterocycles. The van der Waals surface area contributed by atoms with Crippen LogP contribution in [0.15, 0.2) is 22.7 Å². The van der Waals surface area contributed by atoms with Crippen molar-refractivity contribution in [2.45, 2.75) is 53.0 Å². The van der Waals surface area contributed by atoms with E-state index >= 15 is 0 Å². The van der Waals surface area contributed by atoms with Gasteiger partial charge in [0.2, 0.25) is 0 Å². The molecule has 0 amide bonds. The predicted octanol–water partition coefficient (Wildman–Crippen LogP) is 4.94. The van der Waals surface area contributed by atoms with E-state index in [2.05, 4.69) is 55.9 Å². The molecule has 0 aliphatic carbocycles. The van der Waals surface area contributed by atoms with E-state index in [0.29, 0.717) is 0 Å². The zero-order valence-electron chi connectivity index (χ0n) is 12.6. The summed E-state index contributed by atoms with van der Waals surface area (Å²) in [6.07, 6.45) is 1.92. The van der Waals surface area contributed by atoms with Crippen LogP contribution in [0.3, 0.4) is 0 Å². The molecule has 0 aromatic heterocycles. The fraction of sp³-hybridized carbons (Fsp3) is 0.625. The van der Waals surface area contributed by atoms with Crippen molar-refractivity contribution in [3.05, 3.63) is 34.1 Å². The molecule has 1 aromatic rings. The van der Waals surface area contributed by atoms with Crippen LogP contribution in [0.1, 0.15) is 46.6 Å². The van der Waals surface area contributed by atoms with E-state index in [1.165, 1.54) is 6.07 Å². The van der Waals surface area contributed by atoms with Gasteiger partial charge in [0.1, 0.15) is 5.82 Å². The molecule has 1 nitrogen and oxygen atoms in total. The van der Waals surface area contributed by atoms with Crippen LogP contribution in [0, 0.1) is 11.2 Å². The molecule has 0 saturated heterocycles. The topological polar surface area (TPSA) is 12.0 Å². The molecule has 3 heteroatoms. The van der Waals surface area contributed by atoms with E-state index in [0.717, 1.165) is 29.4 Å². The first-order valence-corrected chi connectivity index (χ1v) is 7.63. The Balaban J connectivity index is 2.82. The molecule has 108 valence electrons. The van der Waals surface area contributed by atoms with Gasteiger partial charge in [-0.15, -0.1) is 0 Å². The van der Waals surface area contributed by atoms with Crippen LogP contribution in [0.2, 0.25) is 0 Å². The molecule has 0 radical (unpaired) electrons. The van der Waals surface area contributed by atoms with Gasteiger partial charge in [0, 0.05) is 16.6 Å². The van der Waals surface area contributed by atoms with Crippen LogP contribution in [0.25, 0.3) is 0 Å². The van der Waals surface area contributed by atoms with Gasteiger partial charge in [-0.05, 0) is 62.8 Å². The Morgan fingerprint density at radius 2 is 1.84 bits per heavy atom. The summed E-state index contributed by atoms with van der Waals surface area (Å²) in [5.41, 5.74) is 1.28. The highest BCUT2D eigenvalue weighted by Gasteiger charge is 2.25. The summed E-state index contributed by atoms with van der Waals surface area (Å²) >= 11 is 3.52. The summed E-state index contributed by atoms with van der Waals surface area (Å²) in [6, 6.07) is 4.91. The lowest BCUT2D eigenvalue weighted by Crippen LogP contribution is -2.43. The quantitative estimate of drug-likeness (QED) is 0.807. The van der Waals surface area contributed by atoms with E-state index in [4.69, 9.17) is 0 Å². The second-order valence-electron chi connectivity index (χ2n) is 6.68. The Morgan fingerprint density at radius 3 is 2.37 bits per heavy atom. The maximum absolute atomic E-state index is 13.4. The number of nitrogens with one attached hydrogen (secondary N) is 1. The Labute approximate surface area is 125 Å². The Bertz CT molecular complexity index is 425. The van der Waals surface area contributed by atoms with Crippen LogP contribution in [0.5, 0.6) is 0 Å². The molecule has 0 bridgehead atoms. The van der Waals surface area contributed by atoms with Crippen molar-refractivity contribution < 1.29 is 4.39 Å². The van der Waals surface area contributed by atoms with Gasteiger partial charge in [-0.1, -0.05) is 29.8 Å².